The lowest BCUT2D eigenvalue weighted by molar-refractivity contribution is -0.210. The van der Waals surface area contributed by atoms with E-state index in [1.54, 1.807) is 12.1 Å². The molecule has 1 aromatic rings. The number of carbonyl (C=O) groups is 1. The molecule has 1 aliphatic carbocycles. The highest BCUT2D eigenvalue weighted by Crippen LogP contribution is 2.50. The number of hydrogen-bond donors (Lipinski definition) is 4. The number of benzene rings is 1. The summed E-state index contributed by atoms with van der Waals surface area (Å²) in [7, 11) is 0. The normalized spacial score (nSPS) is 28.8. The lowest BCUT2D eigenvalue weighted by Crippen LogP contribution is -2.54. The molecule has 5 unspecified atom stereocenters. The van der Waals surface area contributed by atoms with Crippen LogP contribution in [-0.2, 0) is 19.0 Å². The first kappa shape index (κ1) is 24.8. The van der Waals surface area contributed by atoms with Crippen LogP contribution in [0.2, 0.25) is 0 Å². The number of hydrogen-bond acceptors (Lipinski definition) is 8. The third-order valence-corrected chi connectivity index (χ3v) is 6.08. The molecular formula is C25H32O8. The third kappa shape index (κ3) is 5.58. The predicted octanol–water partition coefficient (Wildman–Crippen LogP) is 2.49. The predicted molar refractivity (Wildman–Crippen MR) is 120 cm³/mol. The Balaban J connectivity index is 1.78. The van der Waals surface area contributed by atoms with Crippen molar-refractivity contribution in [1.82, 2.24) is 0 Å². The minimum absolute atomic E-state index is 0.110. The number of carbonyl (C=O) groups excluding carboxylic acids is 1. The topological polar surface area (TPSA) is 126 Å². The summed E-state index contributed by atoms with van der Waals surface area (Å²) in [5, 5.41) is 40.7. The van der Waals surface area contributed by atoms with Crippen LogP contribution in [0.3, 0.4) is 0 Å². The Morgan fingerprint density at radius 1 is 1.27 bits per heavy atom. The molecule has 1 heterocycles. The van der Waals surface area contributed by atoms with Crippen molar-refractivity contribution in [2.24, 2.45) is 17.8 Å². The molecule has 0 amide bonds. The van der Waals surface area contributed by atoms with Crippen LogP contribution in [0.1, 0.15) is 32.3 Å². The molecule has 180 valence electrons. The van der Waals surface area contributed by atoms with E-state index in [-0.39, 0.29) is 18.8 Å². The minimum atomic E-state index is -1.84. The SMILES string of the molecule is C=C(CC(C)C)OC1OC=C(CO)C2CC(OC(=O)C=Cc3ccc(O)cc3)C(O)(CO)C12. The van der Waals surface area contributed by atoms with Gasteiger partial charge < -0.3 is 34.6 Å². The first-order chi connectivity index (χ1) is 15.7. The van der Waals surface area contributed by atoms with Gasteiger partial charge in [-0.2, -0.15) is 0 Å². The third-order valence-electron chi connectivity index (χ3n) is 6.08. The fourth-order valence-corrected chi connectivity index (χ4v) is 4.49. The molecule has 8 nitrogen and oxygen atoms in total. The molecule has 0 aromatic heterocycles. The van der Waals surface area contributed by atoms with Gasteiger partial charge in [0.2, 0.25) is 6.29 Å². The highest BCUT2D eigenvalue weighted by Gasteiger charge is 2.62. The highest BCUT2D eigenvalue weighted by molar-refractivity contribution is 5.87. The molecular weight excluding hydrogens is 428 g/mol. The summed E-state index contributed by atoms with van der Waals surface area (Å²) in [6.07, 6.45) is 2.91. The van der Waals surface area contributed by atoms with Gasteiger partial charge in [0.25, 0.3) is 0 Å². The van der Waals surface area contributed by atoms with Gasteiger partial charge in [-0.1, -0.05) is 32.6 Å². The van der Waals surface area contributed by atoms with E-state index in [1.807, 2.05) is 13.8 Å². The van der Waals surface area contributed by atoms with Crippen molar-refractivity contribution in [2.45, 2.75) is 44.7 Å². The molecule has 1 aromatic carbocycles. The number of aromatic hydroxyl groups is 1. The molecule has 0 saturated heterocycles. The molecule has 0 radical (unpaired) electrons. The molecule has 8 heteroatoms. The fourth-order valence-electron chi connectivity index (χ4n) is 4.49. The van der Waals surface area contributed by atoms with E-state index in [0.29, 0.717) is 29.2 Å². The number of ether oxygens (including phenoxy) is 3. The van der Waals surface area contributed by atoms with Gasteiger partial charge in [0.05, 0.1) is 31.2 Å². The Morgan fingerprint density at radius 2 is 1.97 bits per heavy atom. The number of allylic oxidation sites excluding steroid dienone is 1. The van der Waals surface area contributed by atoms with Crippen LogP contribution >= 0.6 is 0 Å². The van der Waals surface area contributed by atoms with Crippen LogP contribution in [-0.4, -0.2) is 57.6 Å². The van der Waals surface area contributed by atoms with Crippen molar-refractivity contribution in [1.29, 1.82) is 0 Å². The summed E-state index contributed by atoms with van der Waals surface area (Å²) in [6, 6.07) is 6.25. The van der Waals surface area contributed by atoms with E-state index in [1.165, 1.54) is 30.5 Å². The zero-order chi connectivity index (χ0) is 24.2. The number of aliphatic hydroxyl groups is 3. The van der Waals surface area contributed by atoms with Gasteiger partial charge in [-0.05, 0) is 41.7 Å². The Morgan fingerprint density at radius 3 is 2.58 bits per heavy atom. The summed E-state index contributed by atoms with van der Waals surface area (Å²) in [5.74, 6) is -1.01. The Labute approximate surface area is 193 Å². The first-order valence-corrected chi connectivity index (χ1v) is 11.0. The number of fused-ring (bicyclic) bond motifs is 1. The van der Waals surface area contributed by atoms with Crippen LogP contribution in [0.4, 0.5) is 0 Å². The van der Waals surface area contributed by atoms with Crippen LogP contribution in [0.25, 0.3) is 6.08 Å². The van der Waals surface area contributed by atoms with Crippen molar-refractivity contribution in [3.8, 4) is 5.75 Å². The second kappa shape index (κ2) is 10.4. The van der Waals surface area contributed by atoms with Crippen molar-refractivity contribution >= 4 is 12.0 Å². The maximum absolute atomic E-state index is 12.5. The molecule has 4 N–H and O–H groups in total. The van der Waals surface area contributed by atoms with Gasteiger partial charge in [-0.3, -0.25) is 0 Å². The molecule has 0 bridgehead atoms. The number of rotatable bonds is 9. The molecule has 33 heavy (non-hydrogen) atoms. The molecule has 1 aliphatic heterocycles. The fraction of sp³-hybridized carbons (Fsp3) is 0.480. The lowest BCUT2D eigenvalue weighted by atomic mass is 9.80. The smallest absolute Gasteiger partial charge is 0.331 e. The Kier molecular flexibility index (Phi) is 7.84. The summed E-state index contributed by atoms with van der Waals surface area (Å²) < 4.78 is 17.1. The molecule has 5 atom stereocenters. The van der Waals surface area contributed by atoms with Crippen molar-refractivity contribution < 1.29 is 39.4 Å². The second-order valence-corrected chi connectivity index (χ2v) is 8.98. The molecule has 1 saturated carbocycles. The minimum Gasteiger partial charge on any atom is -0.508 e. The number of phenolic OH excluding ortho intramolecular Hbond substituents is 1. The van der Waals surface area contributed by atoms with E-state index >= 15 is 0 Å². The van der Waals surface area contributed by atoms with Crippen LogP contribution in [0.15, 0.2) is 54.5 Å². The number of esters is 1. The standard InChI is InChI=1S/C25H32O8/c1-15(2)10-16(3)32-24-23-20(18(12-26)13-31-24)11-21(25(23,30)14-27)33-22(29)9-6-17-4-7-19(28)8-5-17/h4-9,13,15,20-21,23-24,26-28,30H,3,10-12,14H2,1-2H3. The summed E-state index contributed by atoms with van der Waals surface area (Å²) in [4.78, 5) is 12.5. The maximum Gasteiger partial charge on any atom is 0.331 e. The lowest BCUT2D eigenvalue weighted by Gasteiger charge is -2.40. The van der Waals surface area contributed by atoms with E-state index in [4.69, 9.17) is 14.2 Å². The monoisotopic (exact) mass is 460 g/mol. The Hall–Kier alpha value is -2.81. The van der Waals surface area contributed by atoms with E-state index in [2.05, 4.69) is 6.58 Å². The van der Waals surface area contributed by atoms with Gasteiger partial charge >= 0.3 is 5.97 Å². The zero-order valence-corrected chi connectivity index (χ0v) is 18.9. The van der Waals surface area contributed by atoms with E-state index < -0.39 is 42.4 Å². The largest absolute Gasteiger partial charge is 0.508 e. The first-order valence-electron chi connectivity index (χ1n) is 11.0. The van der Waals surface area contributed by atoms with Gasteiger partial charge in [0, 0.05) is 18.4 Å². The summed E-state index contributed by atoms with van der Waals surface area (Å²) >= 11 is 0. The summed E-state index contributed by atoms with van der Waals surface area (Å²) in [6.45, 7) is 6.96. The van der Waals surface area contributed by atoms with Gasteiger partial charge in [-0.15, -0.1) is 0 Å². The van der Waals surface area contributed by atoms with E-state index in [9.17, 15) is 25.2 Å². The van der Waals surface area contributed by atoms with Gasteiger partial charge in [-0.25, -0.2) is 4.79 Å². The van der Waals surface area contributed by atoms with Crippen LogP contribution in [0, 0.1) is 17.8 Å². The second-order valence-electron chi connectivity index (χ2n) is 8.98. The molecule has 0 spiro atoms. The van der Waals surface area contributed by atoms with E-state index in [0.717, 1.165) is 0 Å². The molecule has 2 aliphatic rings. The van der Waals surface area contributed by atoms with Gasteiger partial charge in [0.1, 0.15) is 17.5 Å². The zero-order valence-electron chi connectivity index (χ0n) is 18.9. The average molecular weight is 461 g/mol. The number of aliphatic hydroxyl groups excluding tert-OH is 2. The summed E-state index contributed by atoms with van der Waals surface area (Å²) in [5.41, 5.74) is -0.637. The quantitative estimate of drug-likeness (QED) is 0.252. The Bertz CT molecular complexity index is 903. The molecule has 1 fully saturated rings. The average Bonchev–Trinajstić information content (AvgIpc) is 3.06. The number of phenols is 1. The van der Waals surface area contributed by atoms with Crippen LogP contribution < -0.4 is 0 Å². The van der Waals surface area contributed by atoms with Crippen LogP contribution in [0.5, 0.6) is 5.75 Å². The maximum atomic E-state index is 12.5. The van der Waals surface area contributed by atoms with Crippen molar-refractivity contribution in [2.75, 3.05) is 13.2 Å². The highest BCUT2D eigenvalue weighted by atomic mass is 16.7. The molecule has 3 rings (SSSR count). The van der Waals surface area contributed by atoms with Gasteiger partial charge in [0.15, 0.2) is 0 Å². The van der Waals surface area contributed by atoms with Crippen molar-refractivity contribution in [3.63, 3.8) is 0 Å². The van der Waals surface area contributed by atoms with Crippen molar-refractivity contribution in [3.05, 3.63) is 60.1 Å².